The number of benzene rings is 3. The van der Waals surface area contributed by atoms with Gasteiger partial charge in [-0.3, -0.25) is 15.0 Å². The van der Waals surface area contributed by atoms with Crippen LogP contribution in [0.4, 0.5) is 4.79 Å². The maximum absolute atomic E-state index is 14.0. The Labute approximate surface area is 273 Å². The fourth-order valence-corrected chi connectivity index (χ4v) is 5.58. The lowest BCUT2D eigenvalue weighted by Gasteiger charge is -2.31. The fraction of sp³-hybridized carbons (Fsp3) is 0.278. The van der Waals surface area contributed by atoms with E-state index >= 15 is 0 Å². The Bertz CT molecular complexity index is 1680. The van der Waals surface area contributed by atoms with Gasteiger partial charge in [-0.15, -0.1) is 0 Å². The average Bonchev–Trinajstić information content (AvgIpc) is 3.12. The molecule has 1 aromatic heterocycles. The zero-order valence-electron chi connectivity index (χ0n) is 26.0. The van der Waals surface area contributed by atoms with Crippen LogP contribution in [0, 0.1) is 11.3 Å². The standard InChI is InChI=1S/C36H37N5O6/c1-45-36(44)39-34(33(26-9-4-2-5-10-26)27-11-6-3-7-12-27)35(43)40-41-28(13-8-14-32(41)42)17-20-30-22-38-23-31(47-30)24-46-29-18-15-25(21-37)16-19-29/h2-16,18-19,30-31,33-34,38H,17,20,22-24H2,1H3,(H,39,44)(H,40,43)/t30-,31+,34?/m1/s1. The van der Waals surface area contributed by atoms with Crippen LogP contribution in [0.5, 0.6) is 5.75 Å². The van der Waals surface area contributed by atoms with Gasteiger partial charge >= 0.3 is 6.09 Å². The Morgan fingerprint density at radius 2 is 1.60 bits per heavy atom. The molecule has 242 valence electrons. The van der Waals surface area contributed by atoms with E-state index in [-0.39, 0.29) is 12.2 Å². The number of pyridine rings is 1. The Kier molecular flexibility index (Phi) is 11.4. The number of hydrogen-bond acceptors (Lipinski definition) is 8. The predicted molar refractivity (Wildman–Crippen MR) is 176 cm³/mol. The third kappa shape index (κ3) is 8.85. The summed E-state index contributed by atoms with van der Waals surface area (Å²) in [5.74, 6) is -0.511. The van der Waals surface area contributed by atoms with Crippen LogP contribution in [-0.4, -0.2) is 61.7 Å². The second kappa shape index (κ2) is 16.2. The molecular formula is C36H37N5O6. The van der Waals surface area contributed by atoms with Gasteiger partial charge in [0.2, 0.25) is 0 Å². The SMILES string of the molecule is COC(=O)NC(C(=O)Nn1c(CC[C@@H]2CNC[C@@H](COc3ccc(C#N)cc3)O2)cccc1=O)C(c1ccccc1)c1ccccc1. The maximum atomic E-state index is 14.0. The minimum absolute atomic E-state index is 0.160. The highest BCUT2D eigenvalue weighted by atomic mass is 16.5. The second-order valence-electron chi connectivity index (χ2n) is 11.1. The number of hydrogen-bond donors (Lipinski definition) is 3. The number of nitrogens with one attached hydrogen (secondary N) is 3. The Balaban J connectivity index is 1.29. The minimum atomic E-state index is -1.12. The number of morpholine rings is 1. The zero-order valence-corrected chi connectivity index (χ0v) is 26.0. The van der Waals surface area contributed by atoms with E-state index in [0.717, 1.165) is 11.1 Å². The normalized spacial score (nSPS) is 16.4. The van der Waals surface area contributed by atoms with Gasteiger partial charge in [-0.05, 0) is 54.3 Å². The molecule has 5 rings (SSSR count). The lowest BCUT2D eigenvalue weighted by Crippen LogP contribution is -2.51. The molecule has 3 atom stereocenters. The average molecular weight is 636 g/mol. The van der Waals surface area contributed by atoms with Gasteiger partial charge in [0.15, 0.2) is 0 Å². The number of nitrogens with zero attached hydrogens (tertiary/aromatic N) is 2. The lowest BCUT2D eigenvalue weighted by molar-refractivity contribution is -0.119. The van der Waals surface area contributed by atoms with Crippen molar-refractivity contribution >= 4 is 12.0 Å². The van der Waals surface area contributed by atoms with Crippen molar-refractivity contribution in [2.75, 3.05) is 32.2 Å². The number of carbonyl (C=O) groups is 2. The first-order chi connectivity index (χ1) is 22.9. The van der Waals surface area contributed by atoms with Gasteiger partial charge in [-0.25, -0.2) is 9.47 Å². The van der Waals surface area contributed by atoms with Crippen LogP contribution >= 0.6 is 0 Å². The van der Waals surface area contributed by atoms with Crippen LogP contribution in [0.25, 0.3) is 0 Å². The van der Waals surface area contributed by atoms with E-state index in [1.807, 2.05) is 60.7 Å². The van der Waals surface area contributed by atoms with Crippen molar-refractivity contribution in [3.63, 3.8) is 0 Å². The largest absolute Gasteiger partial charge is 0.491 e. The fourth-order valence-electron chi connectivity index (χ4n) is 5.58. The number of aryl methyl sites for hydroxylation is 1. The van der Waals surface area contributed by atoms with Crippen LogP contribution in [0.3, 0.4) is 0 Å². The number of amides is 2. The molecule has 3 aromatic carbocycles. The van der Waals surface area contributed by atoms with E-state index < -0.39 is 29.5 Å². The summed E-state index contributed by atoms with van der Waals surface area (Å²) >= 11 is 0. The topological polar surface area (TPSA) is 144 Å². The van der Waals surface area contributed by atoms with Crippen molar-refractivity contribution in [3.05, 3.63) is 136 Å². The molecule has 2 heterocycles. The van der Waals surface area contributed by atoms with Gasteiger partial charge < -0.3 is 24.8 Å². The summed E-state index contributed by atoms with van der Waals surface area (Å²) < 4.78 is 18.2. The van der Waals surface area contributed by atoms with Crippen LogP contribution in [0.2, 0.25) is 0 Å². The van der Waals surface area contributed by atoms with E-state index in [2.05, 4.69) is 22.1 Å². The molecule has 0 saturated carbocycles. The quantitative estimate of drug-likeness (QED) is 0.214. The van der Waals surface area contributed by atoms with E-state index in [9.17, 15) is 14.4 Å². The molecule has 1 aliphatic rings. The summed E-state index contributed by atoms with van der Waals surface area (Å²) in [7, 11) is 1.23. The molecular weight excluding hydrogens is 598 g/mol. The van der Waals surface area contributed by atoms with E-state index in [0.29, 0.717) is 49.5 Å². The summed E-state index contributed by atoms with van der Waals surface area (Å²) in [6.07, 6.45) is -0.128. The van der Waals surface area contributed by atoms with Crippen LogP contribution in [0.15, 0.2) is 108 Å². The van der Waals surface area contributed by atoms with Gasteiger partial charge in [0.25, 0.3) is 11.5 Å². The predicted octanol–water partition coefficient (Wildman–Crippen LogP) is 3.72. The van der Waals surface area contributed by atoms with Crippen molar-refractivity contribution in [1.29, 1.82) is 5.26 Å². The van der Waals surface area contributed by atoms with Crippen molar-refractivity contribution in [2.45, 2.75) is 37.0 Å². The third-order valence-corrected chi connectivity index (χ3v) is 7.92. The Hall–Kier alpha value is -5.44. The highest BCUT2D eigenvalue weighted by Crippen LogP contribution is 2.29. The molecule has 0 aliphatic carbocycles. The summed E-state index contributed by atoms with van der Waals surface area (Å²) in [6.45, 7) is 1.58. The van der Waals surface area contributed by atoms with Gasteiger partial charge in [0.05, 0.1) is 24.8 Å². The number of alkyl carbamates (subject to hydrolysis) is 1. The maximum Gasteiger partial charge on any atom is 0.407 e. The monoisotopic (exact) mass is 635 g/mol. The molecule has 0 radical (unpaired) electrons. The summed E-state index contributed by atoms with van der Waals surface area (Å²) in [5, 5.41) is 15.1. The summed E-state index contributed by atoms with van der Waals surface area (Å²) in [5.41, 5.74) is 5.10. The number of ether oxygens (including phenoxy) is 3. The first-order valence-electron chi connectivity index (χ1n) is 15.4. The number of aromatic nitrogens is 1. The first-order valence-corrected chi connectivity index (χ1v) is 15.4. The van der Waals surface area contributed by atoms with Gasteiger partial charge in [-0.1, -0.05) is 66.7 Å². The van der Waals surface area contributed by atoms with Crippen molar-refractivity contribution in [3.8, 4) is 11.8 Å². The number of nitriles is 1. The molecule has 3 N–H and O–H groups in total. The smallest absolute Gasteiger partial charge is 0.407 e. The Morgan fingerprint density at radius 1 is 0.936 bits per heavy atom. The van der Waals surface area contributed by atoms with Crippen molar-refractivity contribution < 1.29 is 23.8 Å². The summed E-state index contributed by atoms with van der Waals surface area (Å²) in [4.78, 5) is 39.6. The number of methoxy groups -OCH3 is 1. The van der Waals surface area contributed by atoms with Gasteiger partial charge in [-0.2, -0.15) is 5.26 Å². The van der Waals surface area contributed by atoms with Crippen LogP contribution in [0.1, 0.15) is 34.7 Å². The molecule has 1 fully saturated rings. The third-order valence-electron chi connectivity index (χ3n) is 7.92. The van der Waals surface area contributed by atoms with Crippen molar-refractivity contribution in [2.24, 2.45) is 0 Å². The highest BCUT2D eigenvalue weighted by Gasteiger charge is 2.33. The molecule has 47 heavy (non-hydrogen) atoms. The number of rotatable bonds is 12. The molecule has 11 heteroatoms. The molecule has 0 spiro atoms. The molecule has 1 unspecified atom stereocenters. The molecule has 0 bridgehead atoms. The van der Waals surface area contributed by atoms with E-state index in [1.54, 1.807) is 36.4 Å². The first kappa shape index (κ1) is 32.9. The number of carbonyl (C=O) groups excluding carboxylic acids is 2. The highest BCUT2D eigenvalue weighted by molar-refractivity contribution is 5.93. The molecule has 11 nitrogen and oxygen atoms in total. The Morgan fingerprint density at radius 3 is 2.23 bits per heavy atom. The van der Waals surface area contributed by atoms with E-state index in [1.165, 1.54) is 17.9 Å². The molecule has 1 aliphatic heterocycles. The van der Waals surface area contributed by atoms with Crippen LogP contribution < -0.4 is 26.4 Å². The van der Waals surface area contributed by atoms with E-state index in [4.69, 9.17) is 19.5 Å². The zero-order chi connectivity index (χ0) is 33.0. The summed E-state index contributed by atoms with van der Waals surface area (Å²) in [6, 6.07) is 31.4. The van der Waals surface area contributed by atoms with Crippen LogP contribution in [-0.2, 0) is 20.7 Å². The minimum Gasteiger partial charge on any atom is -0.491 e. The van der Waals surface area contributed by atoms with Gasteiger partial charge in [0.1, 0.15) is 24.5 Å². The van der Waals surface area contributed by atoms with Crippen molar-refractivity contribution in [1.82, 2.24) is 15.3 Å². The molecule has 2 amide bonds. The molecule has 1 saturated heterocycles. The second-order valence-corrected chi connectivity index (χ2v) is 11.1. The van der Waals surface area contributed by atoms with Gasteiger partial charge in [0, 0.05) is 30.8 Å². The lowest BCUT2D eigenvalue weighted by atomic mass is 9.84. The molecule has 4 aromatic rings.